The molecule has 0 bridgehead atoms. The van der Waals surface area contributed by atoms with Gasteiger partial charge in [-0.1, -0.05) is 29.8 Å². The van der Waals surface area contributed by atoms with E-state index in [1.165, 1.54) is 36.0 Å². The minimum atomic E-state index is -3.70. The zero-order chi connectivity index (χ0) is 17.7. The van der Waals surface area contributed by atoms with Crippen LogP contribution in [0.1, 0.15) is 21.5 Å². The Balaban J connectivity index is 2.22. The highest BCUT2D eigenvalue weighted by atomic mass is 32.2. The quantitative estimate of drug-likeness (QED) is 0.762. The van der Waals surface area contributed by atoms with Gasteiger partial charge >= 0.3 is 5.97 Å². The minimum absolute atomic E-state index is 0.109. The van der Waals surface area contributed by atoms with E-state index >= 15 is 0 Å². The van der Waals surface area contributed by atoms with Crippen molar-refractivity contribution >= 4 is 39.5 Å². The lowest BCUT2D eigenvalue weighted by Crippen LogP contribution is -2.10. The Labute approximate surface area is 145 Å². The zero-order valence-electron chi connectivity index (χ0n) is 13.2. The largest absolute Gasteiger partial charge is 0.478 e. The van der Waals surface area contributed by atoms with Crippen LogP contribution in [0.25, 0.3) is 6.08 Å². The number of sulfonamides is 1. The van der Waals surface area contributed by atoms with Crippen LogP contribution in [0.15, 0.2) is 52.8 Å². The van der Waals surface area contributed by atoms with E-state index in [0.717, 1.165) is 16.5 Å². The number of hydrogen-bond acceptors (Lipinski definition) is 4. The van der Waals surface area contributed by atoms with E-state index in [1.807, 2.05) is 31.2 Å². The van der Waals surface area contributed by atoms with Crippen LogP contribution in [-0.2, 0) is 10.0 Å². The van der Waals surface area contributed by atoms with E-state index in [4.69, 9.17) is 5.11 Å². The SMILES string of the molecule is CSc1cc(C(=O)O)ccc1NS(=O)(=O)/C=C\c1ccc(C)cc1. The highest BCUT2D eigenvalue weighted by Gasteiger charge is 2.12. The van der Waals surface area contributed by atoms with Gasteiger partial charge in [0.05, 0.1) is 16.7 Å². The molecule has 126 valence electrons. The van der Waals surface area contributed by atoms with Crippen molar-refractivity contribution < 1.29 is 18.3 Å². The molecule has 0 aliphatic carbocycles. The normalized spacial score (nSPS) is 11.6. The molecule has 0 saturated heterocycles. The number of nitrogens with one attached hydrogen (secondary N) is 1. The number of rotatable bonds is 6. The summed E-state index contributed by atoms with van der Waals surface area (Å²) in [5.41, 5.74) is 2.33. The summed E-state index contributed by atoms with van der Waals surface area (Å²) < 4.78 is 26.9. The van der Waals surface area contributed by atoms with Gasteiger partial charge in [0.1, 0.15) is 0 Å². The molecule has 0 aromatic heterocycles. The average molecular weight is 363 g/mol. The molecule has 0 spiro atoms. The van der Waals surface area contributed by atoms with Crippen molar-refractivity contribution in [2.75, 3.05) is 11.0 Å². The van der Waals surface area contributed by atoms with Gasteiger partial charge in [0.15, 0.2) is 0 Å². The van der Waals surface area contributed by atoms with Crippen LogP contribution >= 0.6 is 11.8 Å². The fraction of sp³-hybridized carbons (Fsp3) is 0.118. The van der Waals surface area contributed by atoms with Crippen molar-refractivity contribution in [1.82, 2.24) is 0 Å². The molecule has 2 N–H and O–H groups in total. The first-order chi connectivity index (χ1) is 11.3. The van der Waals surface area contributed by atoms with Crippen LogP contribution in [0.5, 0.6) is 0 Å². The second kappa shape index (κ2) is 7.55. The number of thioether (sulfide) groups is 1. The Morgan fingerprint density at radius 2 is 1.83 bits per heavy atom. The Morgan fingerprint density at radius 3 is 2.42 bits per heavy atom. The van der Waals surface area contributed by atoms with Crippen molar-refractivity contribution in [3.63, 3.8) is 0 Å². The van der Waals surface area contributed by atoms with Gasteiger partial charge in [-0.3, -0.25) is 4.72 Å². The third kappa shape index (κ3) is 4.87. The number of anilines is 1. The third-order valence-corrected chi connectivity index (χ3v) is 4.99. The molecule has 2 aromatic rings. The van der Waals surface area contributed by atoms with Gasteiger partial charge in [-0.05, 0) is 43.0 Å². The summed E-state index contributed by atoms with van der Waals surface area (Å²) in [5, 5.41) is 10.1. The topological polar surface area (TPSA) is 83.5 Å². The number of aryl methyl sites for hydroxylation is 1. The lowest BCUT2D eigenvalue weighted by molar-refractivity contribution is 0.0696. The molecular formula is C17H17NO4S2. The van der Waals surface area contributed by atoms with Gasteiger partial charge in [0.2, 0.25) is 0 Å². The van der Waals surface area contributed by atoms with Gasteiger partial charge in [-0.15, -0.1) is 11.8 Å². The molecule has 0 radical (unpaired) electrons. The van der Waals surface area contributed by atoms with Crippen molar-refractivity contribution in [3.05, 3.63) is 64.6 Å². The number of carboxylic acid groups (broad SMARTS) is 1. The first-order valence-corrected chi connectivity index (χ1v) is 9.77. The van der Waals surface area contributed by atoms with Crippen LogP contribution in [0.2, 0.25) is 0 Å². The summed E-state index contributed by atoms with van der Waals surface area (Å²) in [6, 6.07) is 11.7. The molecule has 2 rings (SSSR count). The molecule has 2 aromatic carbocycles. The molecule has 0 fully saturated rings. The molecule has 0 amide bonds. The summed E-state index contributed by atoms with van der Waals surface area (Å²) in [7, 11) is -3.70. The first kappa shape index (κ1) is 18.1. The lowest BCUT2D eigenvalue weighted by Gasteiger charge is -2.10. The van der Waals surface area contributed by atoms with Gasteiger partial charge in [-0.2, -0.15) is 0 Å². The lowest BCUT2D eigenvalue weighted by atomic mass is 10.2. The molecule has 0 aliphatic rings. The fourth-order valence-corrected chi connectivity index (χ4v) is 3.48. The summed E-state index contributed by atoms with van der Waals surface area (Å²) in [6.45, 7) is 1.95. The summed E-state index contributed by atoms with van der Waals surface area (Å²) in [6.07, 6.45) is 3.26. The monoisotopic (exact) mass is 363 g/mol. The fourth-order valence-electron chi connectivity index (χ4n) is 1.94. The van der Waals surface area contributed by atoms with Crippen molar-refractivity contribution in [3.8, 4) is 0 Å². The van der Waals surface area contributed by atoms with Gasteiger partial charge in [-0.25, -0.2) is 13.2 Å². The molecule has 0 atom stereocenters. The molecule has 5 nitrogen and oxygen atoms in total. The van der Waals surface area contributed by atoms with Crippen molar-refractivity contribution in [2.24, 2.45) is 0 Å². The Kier molecular flexibility index (Phi) is 5.69. The van der Waals surface area contributed by atoms with Crippen LogP contribution in [0.4, 0.5) is 5.69 Å². The number of aromatic carboxylic acids is 1. The Hall–Kier alpha value is -2.25. The standard InChI is InChI=1S/C17H17NO4S2/c1-12-3-5-13(6-4-12)9-10-24(21,22)18-15-8-7-14(17(19)20)11-16(15)23-2/h3-11,18H,1-2H3,(H,19,20)/b10-9-. The summed E-state index contributed by atoms with van der Waals surface area (Å²) >= 11 is 1.27. The van der Waals surface area contributed by atoms with Crippen LogP contribution < -0.4 is 4.72 Å². The second-order valence-electron chi connectivity index (χ2n) is 5.08. The Bertz CT molecular complexity index is 872. The average Bonchev–Trinajstić information content (AvgIpc) is 2.54. The second-order valence-corrected chi connectivity index (χ2v) is 7.50. The molecule has 24 heavy (non-hydrogen) atoms. The molecule has 0 aliphatic heterocycles. The van der Waals surface area contributed by atoms with Gasteiger partial charge in [0, 0.05) is 4.90 Å². The van der Waals surface area contributed by atoms with E-state index in [2.05, 4.69) is 4.72 Å². The Morgan fingerprint density at radius 1 is 1.17 bits per heavy atom. The van der Waals surface area contributed by atoms with Gasteiger partial charge in [0.25, 0.3) is 10.0 Å². The number of benzene rings is 2. The zero-order valence-corrected chi connectivity index (χ0v) is 14.8. The third-order valence-electron chi connectivity index (χ3n) is 3.22. The highest BCUT2D eigenvalue weighted by molar-refractivity contribution is 7.99. The molecule has 0 saturated carbocycles. The first-order valence-electron chi connectivity index (χ1n) is 6.99. The van der Waals surface area contributed by atoms with Crippen LogP contribution in [0.3, 0.4) is 0 Å². The van der Waals surface area contributed by atoms with Gasteiger partial charge < -0.3 is 5.11 Å². The van der Waals surface area contributed by atoms with Crippen LogP contribution in [0, 0.1) is 6.92 Å². The van der Waals surface area contributed by atoms with E-state index in [0.29, 0.717) is 10.6 Å². The molecular weight excluding hydrogens is 346 g/mol. The predicted molar refractivity (Wildman–Crippen MR) is 97.9 cm³/mol. The van der Waals surface area contributed by atoms with Crippen molar-refractivity contribution in [2.45, 2.75) is 11.8 Å². The molecule has 0 unspecified atom stereocenters. The van der Waals surface area contributed by atoms with Crippen LogP contribution in [-0.4, -0.2) is 25.7 Å². The van der Waals surface area contributed by atoms with Crippen molar-refractivity contribution in [1.29, 1.82) is 0 Å². The maximum Gasteiger partial charge on any atom is 0.335 e. The maximum absolute atomic E-state index is 12.2. The van der Waals surface area contributed by atoms with E-state index in [9.17, 15) is 13.2 Å². The maximum atomic E-state index is 12.2. The molecule has 0 heterocycles. The number of carbonyl (C=O) groups is 1. The number of hydrogen-bond donors (Lipinski definition) is 2. The summed E-state index contributed by atoms with van der Waals surface area (Å²) in [4.78, 5) is 11.5. The van der Waals surface area contributed by atoms with E-state index < -0.39 is 16.0 Å². The summed E-state index contributed by atoms with van der Waals surface area (Å²) in [5.74, 6) is -1.06. The minimum Gasteiger partial charge on any atom is -0.478 e. The highest BCUT2D eigenvalue weighted by Crippen LogP contribution is 2.27. The molecule has 7 heteroatoms. The van der Waals surface area contributed by atoms with E-state index in [-0.39, 0.29) is 5.56 Å². The smallest absolute Gasteiger partial charge is 0.335 e. The predicted octanol–water partition coefficient (Wildman–Crippen LogP) is 3.83. The number of carboxylic acids is 1. The van der Waals surface area contributed by atoms with E-state index in [1.54, 1.807) is 6.26 Å².